The Balaban J connectivity index is 1.91. The van der Waals surface area contributed by atoms with Crippen molar-refractivity contribution in [2.45, 2.75) is 26.2 Å². The van der Waals surface area contributed by atoms with Crippen LogP contribution in [-0.4, -0.2) is 17.4 Å². The number of fused-ring (bicyclic) bond motifs is 1. The smallest absolute Gasteiger partial charge is 0.226 e. The van der Waals surface area contributed by atoms with Crippen molar-refractivity contribution in [3.8, 4) is 11.1 Å². The first kappa shape index (κ1) is 12.9. The molecule has 0 bridgehead atoms. The van der Waals surface area contributed by atoms with Crippen LogP contribution in [0.15, 0.2) is 42.7 Å². The molecule has 3 rings (SSSR count). The van der Waals surface area contributed by atoms with Crippen LogP contribution in [0.1, 0.15) is 25.3 Å². The number of carbonyl (C=O) groups excluding carboxylic acids is 1. The molecular weight excluding hydrogens is 248 g/mol. The Kier molecular flexibility index (Phi) is 3.50. The summed E-state index contributed by atoms with van der Waals surface area (Å²) in [5.41, 5.74) is 4.71. The fourth-order valence-electron chi connectivity index (χ4n) is 2.73. The van der Waals surface area contributed by atoms with Crippen LogP contribution >= 0.6 is 0 Å². The van der Waals surface area contributed by atoms with Gasteiger partial charge in [0, 0.05) is 31.0 Å². The maximum absolute atomic E-state index is 12.1. The van der Waals surface area contributed by atoms with Gasteiger partial charge in [0.05, 0.1) is 0 Å². The molecule has 1 aliphatic heterocycles. The van der Waals surface area contributed by atoms with E-state index in [2.05, 4.69) is 23.2 Å². The van der Waals surface area contributed by atoms with Crippen LogP contribution in [0.5, 0.6) is 0 Å². The highest BCUT2D eigenvalue weighted by atomic mass is 16.2. The maximum Gasteiger partial charge on any atom is 0.226 e. The van der Waals surface area contributed by atoms with Crippen molar-refractivity contribution in [3.63, 3.8) is 0 Å². The number of nitrogens with zero attached hydrogens (tertiary/aromatic N) is 2. The molecule has 0 fully saturated rings. The van der Waals surface area contributed by atoms with Crippen LogP contribution in [0, 0.1) is 0 Å². The zero-order valence-electron chi connectivity index (χ0n) is 11.7. The SMILES string of the molecule is CCCC(=O)N1CCc2cc(-c3ccncc3)ccc21. The molecule has 0 aliphatic carbocycles. The average molecular weight is 266 g/mol. The number of carbonyl (C=O) groups is 1. The number of benzene rings is 1. The van der Waals surface area contributed by atoms with Gasteiger partial charge >= 0.3 is 0 Å². The Morgan fingerprint density at radius 2 is 2.00 bits per heavy atom. The third-order valence-corrected chi connectivity index (χ3v) is 3.75. The van der Waals surface area contributed by atoms with E-state index in [1.807, 2.05) is 24.0 Å². The molecule has 1 aromatic carbocycles. The minimum Gasteiger partial charge on any atom is -0.312 e. The lowest BCUT2D eigenvalue weighted by Gasteiger charge is -2.17. The monoisotopic (exact) mass is 266 g/mol. The molecule has 0 radical (unpaired) electrons. The zero-order chi connectivity index (χ0) is 13.9. The van der Waals surface area contributed by atoms with Gasteiger partial charge in [-0.05, 0) is 53.8 Å². The van der Waals surface area contributed by atoms with Gasteiger partial charge in [-0.3, -0.25) is 9.78 Å². The van der Waals surface area contributed by atoms with Crippen LogP contribution in [0.4, 0.5) is 5.69 Å². The van der Waals surface area contributed by atoms with Gasteiger partial charge in [-0.1, -0.05) is 13.0 Å². The maximum atomic E-state index is 12.1. The number of rotatable bonds is 3. The van der Waals surface area contributed by atoms with Crippen LogP contribution in [0.3, 0.4) is 0 Å². The summed E-state index contributed by atoms with van der Waals surface area (Å²) in [5.74, 6) is 0.239. The number of hydrogen-bond acceptors (Lipinski definition) is 2. The lowest BCUT2D eigenvalue weighted by atomic mass is 10.0. The summed E-state index contributed by atoms with van der Waals surface area (Å²) >= 11 is 0. The topological polar surface area (TPSA) is 33.2 Å². The summed E-state index contributed by atoms with van der Waals surface area (Å²) in [6.45, 7) is 2.86. The van der Waals surface area contributed by atoms with Gasteiger partial charge < -0.3 is 4.90 Å². The van der Waals surface area contributed by atoms with E-state index in [-0.39, 0.29) is 5.91 Å². The Morgan fingerprint density at radius 1 is 1.20 bits per heavy atom. The minimum absolute atomic E-state index is 0.239. The molecule has 0 saturated carbocycles. The predicted octanol–water partition coefficient (Wildman–Crippen LogP) is 3.44. The Labute approximate surface area is 119 Å². The number of amides is 1. The molecule has 0 N–H and O–H groups in total. The Bertz CT molecular complexity index is 622. The quantitative estimate of drug-likeness (QED) is 0.852. The lowest BCUT2D eigenvalue weighted by molar-refractivity contribution is -0.118. The van der Waals surface area contributed by atoms with Crippen molar-refractivity contribution in [2.24, 2.45) is 0 Å². The molecule has 2 aromatic rings. The molecular formula is C17H18N2O. The van der Waals surface area contributed by atoms with Gasteiger partial charge in [-0.25, -0.2) is 0 Å². The molecule has 0 spiro atoms. The van der Waals surface area contributed by atoms with E-state index in [0.717, 1.165) is 25.1 Å². The third-order valence-electron chi connectivity index (χ3n) is 3.75. The first-order valence-electron chi connectivity index (χ1n) is 7.13. The summed E-state index contributed by atoms with van der Waals surface area (Å²) in [6, 6.07) is 10.4. The number of aromatic nitrogens is 1. The molecule has 1 amide bonds. The molecule has 0 unspecified atom stereocenters. The lowest BCUT2D eigenvalue weighted by Crippen LogP contribution is -2.28. The van der Waals surface area contributed by atoms with Crippen LogP contribution < -0.4 is 4.90 Å². The summed E-state index contributed by atoms with van der Waals surface area (Å²) < 4.78 is 0. The van der Waals surface area contributed by atoms with Gasteiger partial charge in [-0.15, -0.1) is 0 Å². The summed E-state index contributed by atoms with van der Waals surface area (Å²) in [6.07, 6.45) is 6.09. The van der Waals surface area contributed by atoms with Gasteiger partial charge in [0.25, 0.3) is 0 Å². The molecule has 1 aliphatic rings. The van der Waals surface area contributed by atoms with Gasteiger partial charge in [0.1, 0.15) is 0 Å². The molecule has 0 saturated heterocycles. The largest absolute Gasteiger partial charge is 0.312 e. The highest BCUT2D eigenvalue weighted by Crippen LogP contribution is 2.32. The Hall–Kier alpha value is -2.16. The third kappa shape index (κ3) is 2.31. The molecule has 102 valence electrons. The van der Waals surface area contributed by atoms with E-state index in [1.165, 1.54) is 16.7 Å². The second kappa shape index (κ2) is 5.45. The Morgan fingerprint density at radius 3 is 2.75 bits per heavy atom. The fraction of sp³-hybridized carbons (Fsp3) is 0.294. The van der Waals surface area contributed by atoms with Crippen molar-refractivity contribution in [3.05, 3.63) is 48.3 Å². The number of pyridine rings is 1. The summed E-state index contributed by atoms with van der Waals surface area (Å²) in [7, 11) is 0. The van der Waals surface area contributed by atoms with Gasteiger partial charge in [0.15, 0.2) is 0 Å². The predicted molar refractivity (Wildman–Crippen MR) is 80.6 cm³/mol. The van der Waals surface area contributed by atoms with Crippen molar-refractivity contribution < 1.29 is 4.79 Å². The first-order valence-corrected chi connectivity index (χ1v) is 7.13. The molecule has 3 nitrogen and oxygen atoms in total. The average Bonchev–Trinajstić information content (AvgIpc) is 2.91. The normalized spacial score (nSPS) is 13.3. The first-order chi connectivity index (χ1) is 9.79. The van der Waals surface area contributed by atoms with Crippen LogP contribution in [0.25, 0.3) is 11.1 Å². The van der Waals surface area contributed by atoms with Crippen LogP contribution in [0.2, 0.25) is 0 Å². The van der Waals surface area contributed by atoms with E-state index in [9.17, 15) is 4.79 Å². The van der Waals surface area contributed by atoms with E-state index in [0.29, 0.717) is 6.42 Å². The standard InChI is InChI=1S/C17H18N2O/c1-2-3-17(20)19-11-8-15-12-14(4-5-16(15)19)13-6-9-18-10-7-13/h4-7,9-10,12H,2-3,8,11H2,1H3. The van der Waals surface area contributed by atoms with Crippen LogP contribution in [-0.2, 0) is 11.2 Å². The van der Waals surface area contributed by atoms with E-state index in [1.54, 1.807) is 12.4 Å². The van der Waals surface area contributed by atoms with Crippen molar-refractivity contribution in [2.75, 3.05) is 11.4 Å². The number of anilines is 1. The summed E-state index contributed by atoms with van der Waals surface area (Å²) in [5, 5.41) is 0. The second-order valence-electron chi connectivity index (χ2n) is 5.12. The molecule has 0 atom stereocenters. The zero-order valence-corrected chi connectivity index (χ0v) is 11.7. The van der Waals surface area contributed by atoms with E-state index >= 15 is 0 Å². The fourth-order valence-corrected chi connectivity index (χ4v) is 2.73. The van der Waals surface area contributed by atoms with Crippen molar-refractivity contribution in [1.82, 2.24) is 4.98 Å². The van der Waals surface area contributed by atoms with Crippen molar-refractivity contribution in [1.29, 1.82) is 0 Å². The highest BCUT2D eigenvalue weighted by Gasteiger charge is 2.24. The van der Waals surface area contributed by atoms with Gasteiger partial charge in [-0.2, -0.15) is 0 Å². The van der Waals surface area contributed by atoms with E-state index < -0.39 is 0 Å². The van der Waals surface area contributed by atoms with E-state index in [4.69, 9.17) is 0 Å². The molecule has 2 heterocycles. The summed E-state index contributed by atoms with van der Waals surface area (Å²) in [4.78, 5) is 18.1. The number of hydrogen-bond donors (Lipinski definition) is 0. The van der Waals surface area contributed by atoms with Crippen molar-refractivity contribution >= 4 is 11.6 Å². The molecule has 3 heteroatoms. The molecule has 1 aromatic heterocycles. The molecule has 20 heavy (non-hydrogen) atoms. The van der Waals surface area contributed by atoms with Gasteiger partial charge in [0.2, 0.25) is 5.91 Å². The minimum atomic E-state index is 0.239. The second-order valence-corrected chi connectivity index (χ2v) is 5.12. The highest BCUT2D eigenvalue weighted by molar-refractivity contribution is 5.95.